The summed E-state index contributed by atoms with van der Waals surface area (Å²) in [4.78, 5) is 17.3. The van der Waals surface area contributed by atoms with Gasteiger partial charge >= 0.3 is 0 Å². The number of hydrogen-bond donors (Lipinski definition) is 2. The molecule has 6 nitrogen and oxygen atoms in total. The Kier molecular flexibility index (Phi) is 3.94. The molecule has 106 valence electrons. The van der Waals surface area contributed by atoms with Crippen LogP contribution in [0.1, 0.15) is 11.5 Å². The number of anilines is 1. The van der Waals surface area contributed by atoms with E-state index in [4.69, 9.17) is 5.84 Å². The van der Waals surface area contributed by atoms with Gasteiger partial charge in [0.15, 0.2) is 0 Å². The van der Waals surface area contributed by atoms with E-state index in [0.29, 0.717) is 11.6 Å². The van der Waals surface area contributed by atoms with Crippen LogP contribution in [0.4, 0.5) is 5.82 Å². The molecule has 0 amide bonds. The van der Waals surface area contributed by atoms with E-state index in [-0.39, 0.29) is 0 Å². The lowest BCUT2D eigenvalue weighted by molar-refractivity contribution is 0.987. The Labute approximate surface area is 126 Å². The van der Waals surface area contributed by atoms with E-state index < -0.39 is 0 Å². The molecule has 0 radical (unpaired) electrons. The topological polar surface area (TPSA) is 89.6 Å². The molecule has 0 fully saturated rings. The van der Waals surface area contributed by atoms with E-state index in [1.807, 2.05) is 31.2 Å². The second-order valence-electron chi connectivity index (χ2n) is 4.44. The van der Waals surface area contributed by atoms with Crippen LogP contribution < -0.4 is 11.3 Å². The van der Waals surface area contributed by atoms with Crippen LogP contribution in [0.5, 0.6) is 0 Å². The van der Waals surface area contributed by atoms with Gasteiger partial charge in [0.25, 0.3) is 0 Å². The van der Waals surface area contributed by atoms with Crippen LogP contribution in [-0.4, -0.2) is 19.9 Å². The average molecular weight is 298 g/mol. The summed E-state index contributed by atoms with van der Waals surface area (Å²) in [5.41, 5.74) is 4.36. The van der Waals surface area contributed by atoms with Crippen molar-refractivity contribution < 1.29 is 0 Å². The predicted molar refractivity (Wildman–Crippen MR) is 83.7 cm³/mol. The molecule has 0 aliphatic carbocycles. The van der Waals surface area contributed by atoms with Crippen molar-refractivity contribution >= 4 is 28.5 Å². The molecule has 0 atom stereocenters. The van der Waals surface area contributed by atoms with Crippen molar-refractivity contribution in [3.05, 3.63) is 48.2 Å². The highest BCUT2D eigenvalue weighted by molar-refractivity contribution is 7.98. The molecule has 2 heterocycles. The number of aryl methyl sites for hydroxylation is 1. The molecule has 21 heavy (non-hydrogen) atoms. The van der Waals surface area contributed by atoms with Crippen molar-refractivity contribution in [2.24, 2.45) is 5.84 Å². The van der Waals surface area contributed by atoms with Gasteiger partial charge in [0, 0.05) is 17.1 Å². The Bertz CT molecular complexity index is 771. The van der Waals surface area contributed by atoms with Gasteiger partial charge in [0.1, 0.15) is 23.0 Å². The number of aromatic nitrogens is 4. The smallest absolute Gasteiger partial charge is 0.143 e. The molecule has 0 aliphatic heterocycles. The summed E-state index contributed by atoms with van der Waals surface area (Å²) in [7, 11) is 0. The zero-order valence-corrected chi connectivity index (χ0v) is 12.3. The number of nitrogens with zero attached hydrogens (tertiary/aromatic N) is 4. The van der Waals surface area contributed by atoms with E-state index in [9.17, 15) is 0 Å². The lowest BCUT2D eigenvalue weighted by Crippen LogP contribution is -2.10. The van der Waals surface area contributed by atoms with Crippen LogP contribution in [-0.2, 0) is 5.75 Å². The van der Waals surface area contributed by atoms with Crippen molar-refractivity contribution in [2.45, 2.75) is 17.7 Å². The highest BCUT2D eigenvalue weighted by atomic mass is 32.2. The third-order valence-electron chi connectivity index (χ3n) is 2.89. The van der Waals surface area contributed by atoms with Gasteiger partial charge in [-0.05, 0) is 13.0 Å². The fraction of sp³-hybridized carbons (Fsp3) is 0.143. The number of nitrogens with one attached hydrogen (secondary N) is 1. The number of fused-ring (bicyclic) bond motifs is 1. The molecule has 3 aromatic rings. The average Bonchev–Trinajstić information content (AvgIpc) is 2.52. The van der Waals surface area contributed by atoms with E-state index in [1.54, 1.807) is 24.2 Å². The summed E-state index contributed by atoms with van der Waals surface area (Å²) in [6, 6.07) is 9.73. The number of nitrogens with two attached hydrogens (primary N) is 1. The molecule has 2 aromatic heterocycles. The molecular formula is C14H14N6S. The summed E-state index contributed by atoms with van der Waals surface area (Å²) in [6.45, 7) is 1.91. The van der Waals surface area contributed by atoms with Gasteiger partial charge in [-0.25, -0.2) is 25.8 Å². The first-order chi connectivity index (χ1) is 10.3. The number of nitrogen functional groups attached to an aromatic ring is 1. The second-order valence-corrected chi connectivity index (χ2v) is 5.40. The Hall–Kier alpha value is -2.25. The summed E-state index contributed by atoms with van der Waals surface area (Å²) in [5.74, 6) is 7.36. The SMILES string of the molecule is Cc1cc(NN)nc(CSc2ncnc3ccccc23)n1. The Morgan fingerprint density at radius 3 is 2.90 bits per heavy atom. The Morgan fingerprint density at radius 2 is 2.05 bits per heavy atom. The lowest BCUT2D eigenvalue weighted by Gasteiger charge is -2.06. The largest absolute Gasteiger partial charge is 0.308 e. The monoisotopic (exact) mass is 298 g/mol. The highest BCUT2D eigenvalue weighted by Gasteiger charge is 2.07. The Balaban J connectivity index is 1.85. The second kappa shape index (κ2) is 6.02. The van der Waals surface area contributed by atoms with Gasteiger partial charge in [-0.1, -0.05) is 30.0 Å². The lowest BCUT2D eigenvalue weighted by atomic mass is 10.2. The van der Waals surface area contributed by atoms with Crippen molar-refractivity contribution in [1.82, 2.24) is 19.9 Å². The summed E-state index contributed by atoms with van der Waals surface area (Å²) < 4.78 is 0. The zero-order valence-electron chi connectivity index (χ0n) is 11.4. The maximum absolute atomic E-state index is 5.40. The first kappa shape index (κ1) is 13.7. The molecular weight excluding hydrogens is 284 g/mol. The summed E-state index contributed by atoms with van der Waals surface area (Å²) in [6.07, 6.45) is 1.58. The van der Waals surface area contributed by atoms with Gasteiger partial charge in [0.05, 0.1) is 11.3 Å². The number of hydrazine groups is 1. The molecule has 1 aromatic carbocycles. The van der Waals surface area contributed by atoms with Gasteiger partial charge in [-0.15, -0.1) is 0 Å². The molecule has 7 heteroatoms. The predicted octanol–water partition coefficient (Wildman–Crippen LogP) is 2.31. The molecule has 0 bridgehead atoms. The van der Waals surface area contributed by atoms with Crippen LogP contribution in [0.15, 0.2) is 41.7 Å². The molecule has 3 rings (SSSR count). The summed E-state index contributed by atoms with van der Waals surface area (Å²) in [5, 5.41) is 1.96. The molecule has 0 saturated carbocycles. The van der Waals surface area contributed by atoms with Crippen molar-refractivity contribution in [3.8, 4) is 0 Å². The van der Waals surface area contributed by atoms with Gasteiger partial charge < -0.3 is 5.43 Å². The number of benzene rings is 1. The van der Waals surface area contributed by atoms with Crippen LogP contribution >= 0.6 is 11.8 Å². The number of para-hydroxylation sites is 1. The molecule has 0 unspecified atom stereocenters. The first-order valence-corrected chi connectivity index (χ1v) is 7.38. The van der Waals surface area contributed by atoms with E-state index >= 15 is 0 Å². The van der Waals surface area contributed by atoms with Crippen molar-refractivity contribution in [2.75, 3.05) is 5.43 Å². The van der Waals surface area contributed by atoms with E-state index in [2.05, 4.69) is 25.4 Å². The quantitative estimate of drug-likeness (QED) is 0.330. The maximum Gasteiger partial charge on any atom is 0.143 e. The van der Waals surface area contributed by atoms with E-state index in [0.717, 1.165) is 27.4 Å². The van der Waals surface area contributed by atoms with Crippen LogP contribution in [0.25, 0.3) is 10.9 Å². The Morgan fingerprint density at radius 1 is 1.19 bits per heavy atom. The third-order valence-corrected chi connectivity index (χ3v) is 3.89. The maximum atomic E-state index is 5.40. The van der Waals surface area contributed by atoms with Gasteiger partial charge in [-0.3, -0.25) is 0 Å². The normalized spacial score (nSPS) is 10.8. The standard InChI is InChI=1S/C14H14N6S/c1-9-6-12(20-15)19-13(18-9)7-21-14-10-4-2-3-5-11(10)16-8-17-14/h2-6,8H,7,15H2,1H3,(H,18,19,20). The number of thioether (sulfide) groups is 1. The van der Waals surface area contributed by atoms with Crippen LogP contribution in [0.3, 0.4) is 0 Å². The zero-order chi connectivity index (χ0) is 14.7. The van der Waals surface area contributed by atoms with Crippen molar-refractivity contribution in [3.63, 3.8) is 0 Å². The van der Waals surface area contributed by atoms with E-state index in [1.165, 1.54) is 0 Å². The molecule has 0 saturated heterocycles. The fourth-order valence-electron chi connectivity index (χ4n) is 2.00. The highest BCUT2D eigenvalue weighted by Crippen LogP contribution is 2.26. The first-order valence-electron chi connectivity index (χ1n) is 6.40. The van der Waals surface area contributed by atoms with Gasteiger partial charge in [0.2, 0.25) is 0 Å². The minimum Gasteiger partial charge on any atom is -0.308 e. The summed E-state index contributed by atoms with van der Waals surface area (Å²) >= 11 is 1.59. The van der Waals surface area contributed by atoms with Crippen LogP contribution in [0.2, 0.25) is 0 Å². The molecule has 3 N–H and O–H groups in total. The van der Waals surface area contributed by atoms with Crippen molar-refractivity contribution in [1.29, 1.82) is 0 Å². The minimum absolute atomic E-state index is 0.616. The fourth-order valence-corrected chi connectivity index (χ4v) is 2.84. The number of hydrogen-bond acceptors (Lipinski definition) is 7. The minimum atomic E-state index is 0.616. The number of rotatable bonds is 4. The van der Waals surface area contributed by atoms with Gasteiger partial charge in [-0.2, -0.15) is 0 Å². The van der Waals surface area contributed by atoms with Crippen LogP contribution in [0, 0.1) is 6.92 Å². The molecule has 0 spiro atoms. The third kappa shape index (κ3) is 3.09. The molecule has 0 aliphatic rings.